The van der Waals surface area contributed by atoms with Crippen LogP contribution in [0.3, 0.4) is 0 Å². The summed E-state index contributed by atoms with van der Waals surface area (Å²) in [6, 6.07) is 10.1. The summed E-state index contributed by atoms with van der Waals surface area (Å²) < 4.78 is 11.2. The van der Waals surface area contributed by atoms with Crippen molar-refractivity contribution >= 4 is 5.69 Å². The van der Waals surface area contributed by atoms with Crippen molar-refractivity contribution in [2.24, 2.45) is 5.92 Å². The summed E-state index contributed by atoms with van der Waals surface area (Å²) in [5.41, 5.74) is 1.22. The molecule has 1 aliphatic carbocycles. The molecule has 0 bridgehead atoms. The molecule has 3 fully saturated rings. The molecule has 25 heavy (non-hydrogen) atoms. The molecule has 2 aliphatic heterocycles. The lowest BCUT2D eigenvalue weighted by atomic mass is 9.93. The highest BCUT2D eigenvalue weighted by atomic mass is 16.5. The molecule has 0 aromatic heterocycles. The van der Waals surface area contributed by atoms with E-state index >= 15 is 0 Å². The molecule has 0 amide bonds. The molecule has 2 heterocycles. The number of nitrogens with one attached hydrogen (secondary N) is 2. The molecule has 5 nitrogen and oxygen atoms in total. The molecule has 1 aromatic carbocycles. The van der Waals surface area contributed by atoms with Gasteiger partial charge >= 0.3 is 0 Å². The zero-order valence-electron chi connectivity index (χ0n) is 15.2. The van der Waals surface area contributed by atoms with Gasteiger partial charge in [0.15, 0.2) is 0 Å². The highest BCUT2D eigenvalue weighted by Crippen LogP contribution is 2.33. The number of para-hydroxylation sites is 2. The quantitative estimate of drug-likeness (QED) is 0.855. The molecule has 2 N–H and O–H groups in total. The lowest BCUT2D eigenvalue weighted by Crippen LogP contribution is -2.52. The Kier molecular flexibility index (Phi) is 5.44. The maximum atomic E-state index is 5.70. The SMILES string of the molecule is COc1ccccc1N1CCC(NC2CCCC2C2COCCN2)C1. The summed E-state index contributed by atoms with van der Waals surface area (Å²) >= 11 is 0. The van der Waals surface area contributed by atoms with Crippen molar-refractivity contribution in [1.82, 2.24) is 10.6 Å². The number of rotatable bonds is 5. The first-order valence-electron chi connectivity index (χ1n) is 9.80. The topological polar surface area (TPSA) is 45.8 Å². The van der Waals surface area contributed by atoms with Gasteiger partial charge in [-0.1, -0.05) is 18.6 Å². The van der Waals surface area contributed by atoms with Gasteiger partial charge in [0.2, 0.25) is 0 Å². The van der Waals surface area contributed by atoms with E-state index < -0.39 is 0 Å². The van der Waals surface area contributed by atoms with E-state index in [0.29, 0.717) is 24.0 Å². The molecule has 0 radical (unpaired) electrons. The molecular formula is C20H31N3O2. The van der Waals surface area contributed by atoms with Gasteiger partial charge in [0, 0.05) is 37.8 Å². The average molecular weight is 345 g/mol. The van der Waals surface area contributed by atoms with Crippen LogP contribution >= 0.6 is 0 Å². The summed E-state index contributed by atoms with van der Waals surface area (Å²) in [5.74, 6) is 1.69. The molecule has 2 saturated heterocycles. The van der Waals surface area contributed by atoms with Gasteiger partial charge < -0.3 is 25.0 Å². The van der Waals surface area contributed by atoms with Gasteiger partial charge in [0.1, 0.15) is 5.75 Å². The van der Waals surface area contributed by atoms with Crippen LogP contribution in [0.25, 0.3) is 0 Å². The highest BCUT2D eigenvalue weighted by Gasteiger charge is 2.36. The third kappa shape index (κ3) is 3.78. The van der Waals surface area contributed by atoms with E-state index in [9.17, 15) is 0 Å². The number of benzene rings is 1. The van der Waals surface area contributed by atoms with Crippen LogP contribution in [0.1, 0.15) is 25.7 Å². The Labute approximate surface area is 151 Å². The number of hydrogen-bond acceptors (Lipinski definition) is 5. The lowest BCUT2D eigenvalue weighted by molar-refractivity contribution is 0.0518. The molecule has 5 heteroatoms. The Bertz CT molecular complexity index is 562. The number of ether oxygens (including phenoxy) is 2. The Balaban J connectivity index is 1.35. The normalized spacial score (nSPS) is 32.9. The summed E-state index contributed by atoms with van der Waals surface area (Å²) in [6.45, 7) is 4.90. The van der Waals surface area contributed by atoms with E-state index in [4.69, 9.17) is 9.47 Å². The van der Waals surface area contributed by atoms with E-state index in [0.717, 1.165) is 38.6 Å². The monoisotopic (exact) mass is 345 g/mol. The van der Waals surface area contributed by atoms with Gasteiger partial charge in [-0.15, -0.1) is 0 Å². The van der Waals surface area contributed by atoms with Crippen LogP contribution in [0.4, 0.5) is 5.69 Å². The minimum absolute atomic E-state index is 0.528. The van der Waals surface area contributed by atoms with Crippen molar-refractivity contribution in [3.63, 3.8) is 0 Å². The van der Waals surface area contributed by atoms with Crippen LogP contribution in [0.2, 0.25) is 0 Å². The molecule has 4 unspecified atom stereocenters. The Hall–Kier alpha value is -1.30. The van der Waals surface area contributed by atoms with E-state index in [1.807, 2.05) is 6.07 Å². The van der Waals surface area contributed by atoms with E-state index in [-0.39, 0.29) is 0 Å². The number of anilines is 1. The van der Waals surface area contributed by atoms with Crippen molar-refractivity contribution in [2.75, 3.05) is 44.9 Å². The molecule has 1 aromatic rings. The average Bonchev–Trinajstić information content (AvgIpc) is 3.32. The van der Waals surface area contributed by atoms with Crippen molar-refractivity contribution in [1.29, 1.82) is 0 Å². The largest absolute Gasteiger partial charge is 0.495 e. The molecule has 138 valence electrons. The molecular weight excluding hydrogens is 314 g/mol. The fourth-order valence-electron chi connectivity index (χ4n) is 4.85. The number of methoxy groups -OCH3 is 1. The third-order valence-electron chi connectivity index (χ3n) is 6.10. The van der Waals surface area contributed by atoms with E-state index in [1.54, 1.807) is 7.11 Å². The first-order chi connectivity index (χ1) is 12.3. The van der Waals surface area contributed by atoms with Gasteiger partial charge in [-0.25, -0.2) is 0 Å². The van der Waals surface area contributed by atoms with Crippen LogP contribution in [0.15, 0.2) is 24.3 Å². The summed E-state index contributed by atoms with van der Waals surface area (Å²) in [4.78, 5) is 2.46. The summed E-state index contributed by atoms with van der Waals surface area (Å²) in [7, 11) is 1.76. The Morgan fingerprint density at radius 1 is 1.24 bits per heavy atom. The number of hydrogen-bond donors (Lipinski definition) is 2. The van der Waals surface area contributed by atoms with Gasteiger partial charge in [-0.3, -0.25) is 0 Å². The van der Waals surface area contributed by atoms with Gasteiger partial charge in [-0.05, 0) is 37.3 Å². The van der Waals surface area contributed by atoms with E-state index in [2.05, 4.69) is 33.7 Å². The van der Waals surface area contributed by atoms with Crippen molar-refractivity contribution in [3.8, 4) is 5.75 Å². The van der Waals surface area contributed by atoms with Crippen LogP contribution in [-0.4, -0.2) is 58.1 Å². The minimum Gasteiger partial charge on any atom is -0.495 e. The Morgan fingerprint density at radius 3 is 3.00 bits per heavy atom. The second kappa shape index (κ2) is 7.94. The minimum atomic E-state index is 0.528. The third-order valence-corrected chi connectivity index (χ3v) is 6.10. The first-order valence-corrected chi connectivity index (χ1v) is 9.80. The maximum absolute atomic E-state index is 5.70. The maximum Gasteiger partial charge on any atom is 0.142 e. The fourth-order valence-corrected chi connectivity index (χ4v) is 4.85. The van der Waals surface area contributed by atoms with Gasteiger partial charge in [0.05, 0.1) is 26.0 Å². The van der Waals surface area contributed by atoms with Crippen LogP contribution in [0.5, 0.6) is 5.75 Å². The zero-order valence-corrected chi connectivity index (χ0v) is 15.2. The second-order valence-corrected chi connectivity index (χ2v) is 7.61. The van der Waals surface area contributed by atoms with Crippen molar-refractivity contribution < 1.29 is 9.47 Å². The summed E-state index contributed by atoms with van der Waals surface area (Å²) in [5, 5.41) is 7.66. The molecule has 3 aliphatic rings. The fraction of sp³-hybridized carbons (Fsp3) is 0.700. The molecule has 1 saturated carbocycles. The summed E-state index contributed by atoms with van der Waals surface area (Å²) in [6.07, 6.45) is 5.16. The lowest BCUT2D eigenvalue weighted by Gasteiger charge is -2.34. The second-order valence-electron chi connectivity index (χ2n) is 7.61. The predicted molar refractivity (Wildman–Crippen MR) is 100 cm³/mol. The van der Waals surface area contributed by atoms with Crippen LogP contribution in [0, 0.1) is 5.92 Å². The first kappa shape index (κ1) is 17.1. The Morgan fingerprint density at radius 2 is 2.16 bits per heavy atom. The standard InChI is InChI=1S/C20H31N3O2/c1-24-20-8-3-2-7-19(20)23-11-9-15(13-23)22-17-6-4-5-16(17)18-14-25-12-10-21-18/h2-3,7-8,15-18,21-22H,4-6,9-14H2,1H3. The molecule has 4 atom stereocenters. The zero-order chi connectivity index (χ0) is 17.1. The highest BCUT2D eigenvalue weighted by molar-refractivity contribution is 5.59. The van der Waals surface area contributed by atoms with Crippen LogP contribution < -0.4 is 20.3 Å². The molecule has 0 spiro atoms. The predicted octanol–water partition coefficient (Wildman–Crippen LogP) is 2.02. The number of nitrogens with zero attached hydrogens (tertiary/aromatic N) is 1. The van der Waals surface area contributed by atoms with Gasteiger partial charge in [0.25, 0.3) is 0 Å². The van der Waals surface area contributed by atoms with Crippen LogP contribution in [-0.2, 0) is 4.74 Å². The van der Waals surface area contributed by atoms with Crippen molar-refractivity contribution in [3.05, 3.63) is 24.3 Å². The molecule has 4 rings (SSSR count). The van der Waals surface area contributed by atoms with Gasteiger partial charge in [-0.2, -0.15) is 0 Å². The number of morpholine rings is 1. The van der Waals surface area contributed by atoms with E-state index in [1.165, 1.54) is 31.4 Å². The van der Waals surface area contributed by atoms with Crippen molar-refractivity contribution in [2.45, 2.75) is 43.8 Å². The smallest absolute Gasteiger partial charge is 0.142 e.